The molecule has 0 aliphatic heterocycles. The van der Waals surface area contributed by atoms with Crippen molar-refractivity contribution in [2.24, 2.45) is 0 Å². The van der Waals surface area contributed by atoms with Crippen LogP contribution >= 0.6 is 15.6 Å². The molecule has 0 radical (unpaired) electrons. The number of phosphoric ester groups is 2. The van der Waals surface area contributed by atoms with Gasteiger partial charge in [0.15, 0.2) is 12.2 Å². The number of rotatable bonds is 83. The van der Waals surface area contributed by atoms with Gasteiger partial charge in [-0.25, -0.2) is 9.13 Å². The van der Waals surface area contributed by atoms with Crippen molar-refractivity contribution >= 4 is 39.5 Å². The van der Waals surface area contributed by atoms with Gasteiger partial charge in [-0.3, -0.25) is 37.3 Å². The van der Waals surface area contributed by atoms with E-state index in [1.54, 1.807) is 0 Å². The summed E-state index contributed by atoms with van der Waals surface area (Å²) < 4.78 is 68.7. The van der Waals surface area contributed by atoms with Crippen LogP contribution in [0.1, 0.15) is 445 Å². The average molecular weight is 1480 g/mol. The summed E-state index contributed by atoms with van der Waals surface area (Å²) >= 11 is 0. The molecule has 0 bridgehead atoms. The molecular weight excluding hydrogens is 1320 g/mol. The first kappa shape index (κ1) is 99.1. The number of unbranched alkanes of at least 4 members (excludes halogenated alkanes) is 57. The molecule has 0 spiro atoms. The quantitative estimate of drug-likeness (QED) is 0.0222. The van der Waals surface area contributed by atoms with Crippen molar-refractivity contribution in [2.75, 3.05) is 39.6 Å². The van der Waals surface area contributed by atoms with E-state index < -0.39 is 97.5 Å². The van der Waals surface area contributed by atoms with Gasteiger partial charge in [0.2, 0.25) is 0 Å². The summed E-state index contributed by atoms with van der Waals surface area (Å²) in [4.78, 5) is 73.0. The smallest absolute Gasteiger partial charge is 0.462 e. The van der Waals surface area contributed by atoms with Crippen molar-refractivity contribution < 1.29 is 80.2 Å². The predicted molar refractivity (Wildman–Crippen MR) is 414 cm³/mol. The number of carbonyl (C=O) groups excluding carboxylic acids is 4. The summed E-state index contributed by atoms with van der Waals surface area (Å²) in [5.41, 5.74) is 0. The molecule has 0 saturated heterocycles. The van der Waals surface area contributed by atoms with Gasteiger partial charge in [-0.15, -0.1) is 0 Å². The van der Waals surface area contributed by atoms with Gasteiger partial charge in [-0.05, 0) is 25.7 Å². The van der Waals surface area contributed by atoms with Gasteiger partial charge in [0.1, 0.15) is 19.3 Å². The number of ether oxygens (including phenoxy) is 4. The molecule has 17 nitrogen and oxygen atoms in total. The number of aliphatic hydroxyl groups is 1. The fourth-order valence-corrected chi connectivity index (χ4v) is 14.4. The van der Waals surface area contributed by atoms with Crippen LogP contribution in [0.3, 0.4) is 0 Å². The molecule has 0 amide bonds. The Balaban J connectivity index is 5.22. The van der Waals surface area contributed by atoms with Crippen LogP contribution in [-0.4, -0.2) is 96.7 Å². The van der Waals surface area contributed by atoms with E-state index in [1.165, 1.54) is 276 Å². The number of phosphoric acid groups is 2. The van der Waals surface area contributed by atoms with E-state index in [0.717, 1.165) is 89.9 Å². The zero-order chi connectivity index (χ0) is 73.9. The first-order valence-corrected chi connectivity index (χ1v) is 45.8. The Labute approximate surface area is 619 Å². The van der Waals surface area contributed by atoms with E-state index >= 15 is 0 Å². The molecule has 0 heterocycles. The van der Waals surface area contributed by atoms with Gasteiger partial charge in [0.25, 0.3) is 0 Å². The third kappa shape index (κ3) is 76.1. The minimum absolute atomic E-state index is 0.109. The van der Waals surface area contributed by atoms with E-state index in [9.17, 15) is 43.2 Å². The van der Waals surface area contributed by atoms with E-state index in [4.69, 9.17) is 37.0 Å². The van der Waals surface area contributed by atoms with Crippen molar-refractivity contribution in [3.63, 3.8) is 0 Å². The van der Waals surface area contributed by atoms with E-state index in [1.807, 2.05) is 0 Å². The van der Waals surface area contributed by atoms with Crippen LogP contribution in [0.15, 0.2) is 0 Å². The molecule has 2 unspecified atom stereocenters. The van der Waals surface area contributed by atoms with Crippen molar-refractivity contribution in [1.82, 2.24) is 0 Å². The van der Waals surface area contributed by atoms with Crippen LogP contribution in [-0.2, 0) is 65.4 Å². The van der Waals surface area contributed by atoms with Gasteiger partial charge in [0.05, 0.1) is 26.4 Å². The normalized spacial score (nSPS) is 13.8. The summed E-state index contributed by atoms with van der Waals surface area (Å²) in [6.45, 7) is 5.03. The zero-order valence-corrected chi connectivity index (χ0v) is 67.7. The van der Waals surface area contributed by atoms with Gasteiger partial charge >= 0.3 is 39.5 Å². The molecule has 0 aliphatic rings. The summed E-state index contributed by atoms with van der Waals surface area (Å²) in [6.07, 6.45) is 69.3. The Hall–Kier alpha value is -1.94. The molecule has 0 aliphatic carbocycles. The highest BCUT2D eigenvalue weighted by Crippen LogP contribution is 2.45. The molecule has 600 valence electrons. The summed E-state index contributed by atoms with van der Waals surface area (Å²) in [7, 11) is -9.92. The first-order chi connectivity index (χ1) is 49.2. The topological polar surface area (TPSA) is 237 Å². The SMILES string of the molecule is CCCCCCCCCCCCCCCCCCCCCCCC(=O)O[C@H](COC(=O)CCCCCCCCCCCCCCCCCC)COP(=O)(O)OC[C@@H](O)COP(=O)(O)OC[C@@H](COC(=O)CCCCCCCCCCCCC)OC(=O)CCCCCCCCCCCCCCC. The molecule has 0 aromatic heterocycles. The van der Waals surface area contributed by atoms with Crippen molar-refractivity contribution in [3.05, 3.63) is 0 Å². The molecule has 0 aromatic rings. The molecule has 5 atom stereocenters. The molecule has 0 aromatic carbocycles. The number of hydrogen-bond donors (Lipinski definition) is 3. The largest absolute Gasteiger partial charge is 0.472 e. The minimum atomic E-state index is -4.96. The number of hydrogen-bond acceptors (Lipinski definition) is 15. The maximum atomic E-state index is 13.1. The lowest BCUT2D eigenvalue weighted by atomic mass is 10.0. The molecule has 19 heteroatoms. The van der Waals surface area contributed by atoms with Gasteiger partial charge in [-0.1, -0.05) is 394 Å². The van der Waals surface area contributed by atoms with Crippen molar-refractivity contribution in [1.29, 1.82) is 0 Å². The summed E-state index contributed by atoms with van der Waals surface area (Å²) in [6, 6.07) is 0. The lowest BCUT2D eigenvalue weighted by Crippen LogP contribution is -2.30. The molecule has 3 N–H and O–H groups in total. The van der Waals surface area contributed by atoms with Crippen LogP contribution in [0.4, 0.5) is 0 Å². The second-order valence-corrected chi connectivity index (χ2v) is 32.4. The number of carbonyl (C=O) groups is 4. The fourth-order valence-electron chi connectivity index (χ4n) is 12.8. The van der Waals surface area contributed by atoms with Crippen LogP contribution in [0.2, 0.25) is 0 Å². The van der Waals surface area contributed by atoms with Crippen molar-refractivity contribution in [2.45, 2.75) is 463 Å². The lowest BCUT2D eigenvalue weighted by molar-refractivity contribution is -0.161. The molecular formula is C82H160O17P2. The third-order valence-electron chi connectivity index (χ3n) is 19.4. The first-order valence-electron chi connectivity index (χ1n) is 42.8. The molecule has 0 fully saturated rings. The average Bonchev–Trinajstić information content (AvgIpc) is 0.941. The lowest BCUT2D eigenvalue weighted by Gasteiger charge is -2.21. The van der Waals surface area contributed by atoms with Crippen molar-refractivity contribution in [3.8, 4) is 0 Å². The zero-order valence-electron chi connectivity index (χ0n) is 65.9. The summed E-state index contributed by atoms with van der Waals surface area (Å²) in [5.74, 6) is -2.10. The number of aliphatic hydroxyl groups excluding tert-OH is 1. The fraction of sp³-hybridized carbons (Fsp3) is 0.951. The maximum absolute atomic E-state index is 13.1. The third-order valence-corrected chi connectivity index (χ3v) is 21.3. The number of esters is 4. The Kier molecular flexibility index (Phi) is 74.8. The van der Waals surface area contributed by atoms with Crippen LogP contribution in [0, 0.1) is 0 Å². The van der Waals surface area contributed by atoms with Crippen LogP contribution in [0.25, 0.3) is 0 Å². The standard InChI is InChI=1S/C82H160O17P2/c1-5-9-13-17-21-25-29-32-34-36-37-38-39-40-42-45-49-53-57-61-65-69-82(87)99-78(73-93-80(85)67-63-59-55-51-47-44-41-35-33-30-26-22-18-14-10-6-2)75-97-101(90,91)95-71-76(83)70-94-100(88,89)96-74-77(72-92-79(84)66-62-58-54-50-46-28-24-20-16-12-8-4)98-81(86)68-64-60-56-52-48-43-31-27-23-19-15-11-7-3/h76-78,83H,5-75H2,1-4H3,(H,88,89)(H,90,91)/t76-,77+,78+/m0/s1. The second-order valence-electron chi connectivity index (χ2n) is 29.5. The van der Waals surface area contributed by atoms with Gasteiger partial charge < -0.3 is 33.8 Å². The highest BCUT2D eigenvalue weighted by Gasteiger charge is 2.30. The highest BCUT2D eigenvalue weighted by atomic mass is 31.2. The maximum Gasteiger partial charge on any atom is 0.472 e. The Morgan fingerprint density at radius 2 is 0.396 bits per heavy atom. The second kappa shape index (κ2) is 76.3. The van der Waals surface area contributed by atoms with Crippen LogP contribution < -0.4 is 0 Å². The van der Waals surface area contributed by atoms with E-state index in [-0.39, 0.29) is 25.7 Å². The monoisotopic (exact) mass is 1480 g/mol. The van der Waals surface area contributed by atoms with E-state index in [2.05, 4.69) is 27.7 Å². The predicted octanol–water partition coefficient (Wildman–Crippen LogP) is 25.0. The Bertz CT molecular complexity index is 1910. The van der Waals surface area contributed by atoms with Crippen LogP contribution in [0.5, 0.6) is 0 Å². The van der Waals surface area contributed by atoms with Gasteiger partial charge in [-0.2, -0.15) is 0 Å². The summed E-state index contributed by atoms with van der Waals surface area (Å²) in [5, 5.41) is 10.6. The minimum Gasteiger partial charge on any atom is -0.462 e. The van der Waals surface area contributed by atoms with Gasteiger partial charge in [0, 0.05) is 25.7 Å². The Morgan fingerprint density at radius 1 is 0.238 bits per heavy atom. The van der Waals surface area contributed by atoms with E-state index in [0.29, 0.717) is 25.7 Å². The Morgan fingerprint density at radius 3 is 0.584 bits per heavy atom. The molecule has 0 rings (SSSR count). The highest BCUT2D eigenvalue weighted by molar-refractivity contribution is 7.47. The molecule has 101 heavy (non-hydrogen) atoms. The molecule has 0 saturated carbocycles.